The molecule has 6 aromatic heterocycles. The molecule has 8 rings (SSSR count). The van der Waals surface area contributed by atoms with Crippen molar-refractivity contribution in [1.29, 1.82) is 0 Å². The van der Waals surface area contributed by atoms with Gasteiger partial charge in [-0.05, 0) is 38.1 Å². The SMILES string of the molecule is COc1cccc(OC)c1-n1c(CS(=O)(=O)[C@@H](C)Cc2ncc(F)cn2)nnc1-c1coc(C)n1.COc1cccc(OC)c1-n1c(CS(=O)(=O)[C@H](C)Cc2ncc(F)cn2)nnc1-c1coc(C)n1. The fourth-order valence-electron chi connectivity index (χ4n) is 6.96. The number of hydrogen-bond donors (Lipinski definition) is 0. The Morgan fingerprint density at radius 3 is 1.17 bits per heavy atom. The quantitative estimate of drug-likeness (QED) is 0.103. The third-order valence-electron chi connectivity index (χ3n) is 10.6. The van der Waals surface area contributed by atoms with Crippen molar-refractivity contribution in [2.45, 2.75) is 62.5 Å². The zero-order valence-electron chi connectivity index (χ0n) is 38.9. The van der Waals surface area contributed by atoms with Gasteiger partial charge in [-0.25, -0.2) is 55.5 Å². The van der Waals surface area contributed by atoms with E-state index in [2.05, 4.69) is 50.3 Å². The van der Waals surface area contributed by atoms with Crippen molar-refractivity contribution in [2.75, 3.05) is 28.4 Å². The lowest BCUT2D eigenvalue weighted by atomic mass is 10.2. The van der Waals surface area contributed by atoms with Crippen LogP contribution in [0.1, 0.15) is 48.9 Å². The minimum Gasteiger partial charge on any atom is -0.494 e. The number of rotatable bonds is 18. The first-order chi connectivity index (χ1) is 33.5. The van der Waals surface area contributed by atoms with E-state index in [9.17, 15) is 25.6 Å². The van der Waals surface area contributed by atoms with Gasteiger partial charge in [0.25, 0.3) is 0 Å². The molecule has 0 aliphatic rings. The summed E-state index contributed by atoms with van der Waals surface area (Å²) >= 11 is 0. The molecule has 2 aromatic carbocycles. The number of aromatic nitrogens is 12. The number of halogens is 2. The van der Waals surface area contributed by atoms with Crippen molar-refractivity contribution < 1.29 is 53.4 Å². The molecule has 0 aliphatic heterocycles. The Balaban J connectivity index is 0.000000206. The molecule has 0 N–H and O–H groups in total. The average molecular weight is 1010 g/mol. The van der Waals surface area contributed by atoms with Crippen LogP contribution in [-0.4, -0.2) is 115 Å². The molecule has 0 aliphatic carbocycles. The highest BCUT2D eigenvalue weighted by atomic mass is 32.2. The lowest BCUT2D eigenvalue weighted by molar-refractivity contribution is 0.390. The molecule has 0 saturated carbocycles. The zero-order valence-corrected chi connectivity index (χ0v) is 40.6. The molecule has 2 atom stereocenters. The van der Waals surface area contributed by atoms with Gasteiger partial charge in [-0.3, -0.25) is 9.13 Å². The Morgan fingerprint density at radius 1 is 0.557 bits per heavy atom. The monoisotopic (exact) mass is 1000 g/mol. The summed E-state index contributed by atoms with van der Waals surface area (Å²) in [5.41, 5.74) is 1.55. The number of sulfone groups is 2. The summed E-state index contributed by atoms with van der Waals surface area (Å²) in [6.07, 6.45) is 6.82. The fourth-order valence-corrected chi connectivity index (χ4v) is 9.43. The number of aryl methyl sites for hydroxylation is 2. The van der Waals surface area contributed by atoms with Crippen molar-refractivity contribution in [3.8, 4) is 57.4 Å². The maximum atomic E-state index is 13.3. The highest BCUT2D eigenvalue weighted by molar-refractivity contribution is 7.91. The van der Waals surface area contributed by atoms with E-state index in [0.29, 0.717) is 57.5 Å². The van der Waals surface area contributed by atoms with Crippen LogP contribution in [-0.2, 0) is 44.0 Å². The summed E-state index contributed by atoms with van der Waals surface area (Å²) in [6.45, 7) is 6.43. The normalized spacial score (nSPS) is 12.5. The van der Waals surface area contributed by atoms with Crippen molar-refractivity contribution in [3.05, 3.63) is 120 Å². The van der Waals surface area contributed by atoms with Crippen molar-refractivity contribution in [2.24, 2.45) is 0 Å². The molecule has 0 bridgehead atoms. The Morgan fingerprint density at radius 2 is 0.886 bits per heavy atom. The number of para-hydroxylation sites is 2. The molecule has 0 saturated heterocycles. The van der Waals surface area contributed by atoms with Gasteiger partial charge in [0.15, 0.2) is 66.4 Å². The van der Waals surface area contributed by atoms with Gasteiger partial charge >= 0.3 is 0 Å². The number of oxazole rings is 2. The first-order valence-corrected chi connectivity index (χ1v) is 24.4. The molecule has 0 amide bonds. The number of nitrogens with zero attached hydrogens (tertiary/aromatic N) is 12. The number of hydrogen-bond acceptors (Lipinski definition) is 20. The highest BCUT2D eigenvalue weighted by Crippen LogP contribution is 2.38. The van der Waals surface area contributed by atoms with E-state index in [1.54, 1.807) is 50.2 Å². The van der Waals surface area contributed by atoms with E-state index >= 15 is 0 Å². The van der Waals surface area contributed by atoms with Gasteiger partial charge in [-0.1, -0.05) is 12.1 Å². The lowest BCUT2D eigenvalue weighted by Crippen LogP contribution is -2.24. The van der Waals surface area contributed by atoms with Gasteiger partial charge in [0, 0.05) is 26.7 Å². The summed E-state index contributed by atoms with van der Waals surface area (Å²) in [6, 6.07) is 10.3. The lowest BCUT2D eigenvalue weighted by Gasteiger charge is -2.17. The predicted molar refractivity (Wildman–Crippen MR) is 245 cm³/mol. The molecule has 0 unspecified atom stereocenters. The van der Waals surface area contributed by atoms with Crippen LogP contribution in [0.5, 0.6) is 23.0 Å². The van der Waals surface area contributed by atoms with Crippen LogP contribution in [0.3, 0.4) is 0 Å². The van der Waals surface area contributed by atoms with Crippen LogP contribution in [0, 0.1) is 25.5 Å². The summed E-state index contributed by atoms with van der Waals surface area (Å²) in [5, 5.41) is 15.0. The van der Waals surface area contributed by atoms with Gasteiger partial charge in [0.05, 0.1) is 63.7 Å². The molecule has 22 nitrogen and oxygen atoms in total. The van der Waals surface area contributed by atoms with Crippen LogP contribution < -0.4 is 18.9 Å². The van der Waals surface area contributed by atoms with Crippen LogP contribution >= 0.6 is 0 Å². The van der Waals surface area contributed by atoms with Crippen molar-refractivity contribution in [1.82, 2.24) is 59.4 Å². The third-order valence-corrected chi connectivity index (χ3v) is 14.7. The third kappa shape index (κ3) is 11.1. The maximum absolute atomic E-state index is 13.3. The van der Waals surface area contributed by atoms with Gasteiger partial charge < -0.3 is 27.8 Å². The molecule has 6 heterocycles. The van der Waals surface area contributed by atoms with Crippen LogP contribution in [0.2, 0.25) is 0 Å². The first kappa shape index (κ1) is 50.1. The summed E-state index contributed by atoms with van der Waals surface area (Å²) in [4.78, 5) is 24.1. The van der Waals surface area contributed by atoms with Crippen molar-refractivity contribution >= 4 is 19.7 Å². The molecule has 70 heavy (non-hydrogen) atoms. The summed E-state index contributed by atoms with van der Waals surface area (Å²) in [5.74, 6) is 1.54. The van der Waals surface area contributed by atoms with Gasteiger partial charge in [0.2, 0.25) is 0 Å². The largest absolute Gasteiger partial charge is 0.494 e. The Hall–Kier alpha value is -7.74. The minimum atomic E-state index is -3.78. The van der Waals surface area contributed by atoms with Gasteiger partial charge in [-0.2, -0.15) is 0 Å². The number of benzene rings is 2. The van der Waals surface area contributed by atoms with E-state index in [-0.39, 0.29) is 47.8 Å². The van der Waals surface area contributed by atoms with E-state index in [0.717, 1.165) is 24.8 Å². The summed E-state index contributed by atoms with van der Waals surface area (Å²) in [7, 11) is -1.60. The molecular weight excluding hydrogens is 959 g/mol. The fraction of sp³-hybridized carbons (Fsp3) is 0.318. The topological polar surface area (TPSA) is 270 Å². The second kappa shape index (κ2) is 21.3. The molecule has 26 heteroatoms. The molecular formula is C44H46F2N12O10S2. The minimum absolute atomic E-state index is 0.00404. The number of ether oxygens (including phenoxy) is 4. The molecule has 0 radical (unpaired) electrons. The van der Waals surface area contributed by atoms with Gasteiger partial charge in [0.1, 0.15) is 81.4 Å². The number of methoxy groups -OCH3 is 4. The van der Waals surface area contributed by atoms with Crippen LogP contribution in [0.25, 0.3) is 34.4 Å². The molecule has 0 spiro atoms. The molecule has 368 valence electrons. The Bertz CT molecular complexity index is 3050. The molecule has 8 aromatic rings. The highest BCUT2D eigenvalue weighted by Gasteiger charge is 2.32. The maximum Gasteiger partial charge on any atom is 0.191 e. The van der Waals surface area contributed by atoms with E-state index in [1.165, 1.54) is 63.9 Å². The second-order valence-electron chi connectivity index (χ2n) is 15.4. The predicted octanol–water partition coefficient (Wildman–Crippen LogP) is 5.45. The average Bonchev–Trinajstić information content (AvgIpc) is 4.17. The Labute approximate surface area is 400 Å². The zero-order chi connectivity index (χ0) is 50.3. The summed E-state index contributed by atoms with van der Waals surface area (Å²) < 4.78 is 115. The smallest absolute Gasteiger partial charge is 0.191 e. The van der Waals surface area contributed by atoms with E-state index < -0.39 is 53.3 Å². The van der Waals surface area contributed by atoms with Gasteiger partial charge in [-0.15, -0.1) is 20.4 Å². The van der Waals surface area contributed by atoms with E-state index in [4.69, 9.17) is 27.8 Å². The Kier molecular flexibility index (Phi) is 15.2. The second-order valence-corrected chi connectivity index (χ2v) is 20.2. The first-order valence-electron chi connectivity index (χ1n) is 21.0. The molecule has 0 fully saturated rings. The van der Waals surface area contributed by atoms with Crippen molar-refractivity contribution in [3.63, 3.8) is 0 Å². The standard InChI is InChI=1S/2C22H23FN6O5S/c2*1-13(8-19-24-9-15(23)10-25-19)35(30,31)12-20-27-28-22(16-11-34-14(2)26-16)29(20)21-17(32-3)6-5-7-18(21)33-4/h2*5-7,9-11,13H,8,12H2,1-4H3/t2*13-/m10/s1. The van der Waals surface area contributed by atoms with Crippen LogP contribution in [0.4, 0.5) is 8.78 Å². The van der Waals surface area contributed by atoms with Crippen LogP contribution in [0.15, 0.2) is 82.5 Å². The van der Waals surface area contributed by atoms with E-state index in [1.807, 2.05) is 0 Å².